The second-order valence-electron chi connectivity index (χ2n) is 7.24. The van der Waals surface area contributed by atoms with Gasteiger partial charge in [0, 0.05) is 29.1 Å². The molecule has 0 amide bonds. The van der Waals surface area contributed by atoms with Crippen LogP contribution in [0.2, 0.25) is 0 Å². The van der Waals surface area contributed by atoms with Crippen molar-refractivity contribution in [3.63, 3.8) is 0 Å². The highest BCUT2D eigenvalue weighted by atomic mass is 16.6. The summed E-state index contributed by atoms with van der Waals surface area (Å²) < 4.78 is 5.51. The van der Waals surface area contributed by atoms with Gasteiger partial charge in [-0.2, -0.15) is 0 Å². The van der Waals surface area contributed by atoms with Crippen molar-refractivity contribution >= 4 is 0 Å². The van der Waals surface area contributed by atoms with Crippen molar-refractivity contribution in [2.75, 3.05) is 13.1 Å². The minimum atomic E-state index is -0.156. The molecular formula is C19H21NO3. The van der Waals surface area contributed by atoms with Crippen LogP contribution >= 0.6 is 0 Å². The Hall–Kier alpha value is -1.94. The van der Waals surface area contributed by atoms with E-state index in [9.17, 15) is 10.2 Å². The molecule has 2 bridgehead atoms. The number of hydrogen-bond acceptors (Lipinski definition) is 4. The zero-order chi connectivity index (χ0) is 15.8. The monoisotopic (exact) mass is 311 g/mol. The molecule has 4 aliphatic rings. The van der Waals surface area contributed by atoms with Crippen LogP contribution < -0.4 is 4.74 Å². The van der Waals surface area contributed by atoms with Gasteiger partial charge in [0.1, 0.15) is 0 Å². The molecule has 0 spiro atoms. The number of phenolic OH excluding ortho intramolecular Hbond substituents is 2. The minimum absolute atomic E-state index is 0.0448. The van der Waals surface area contributed by atoms with Crippen molar-refractivity contribution in [3.8, 4) is 23.0 Å². The van der Waals surface area contributed by atoms with Gasteiger partial charge in [-0.05, 0) is 38.1 Å². The molecule has 0 saturated carbocycles. The normalized spacial score (nSPS) is 33.2. The molecule has 1 fully saturated rings. The molecule has 1 saturated heterocycles. The molecule has 2 aliphatic carbocycles. The number of fused-ring (bicyclic) bond motifs is 3. The highest BCUT2D eigenvalue weighted by molar-refractivity contribution is 5.77. The van der Waals surface area contributed by atoms with E-state index < -0.39 is 0 Å². The molecule has 4 heteroatoms. The first-order valence-corrected chi connectivity index (χ1v) is 8.49. The van der Waals surface area contributed by atoms with Crippen LogP contribution in [0.15, 0.2) is 24.8 Å². The summed E-state index contributed by atoms with van der Waals surface area (Å²) in [6.45, 7) is 5.81. The Morgan fingerprint density at radius 2 is 2.22 bits per heavy atom. The Morgan fingerprint density at radius 3 is 3.04 bits per heavy atom. The molecule has 0 unspecified atom stereocenters. The standard InChI is InChI=1S/C19H21NO3/c1-2-8-20-9-7-19-6-4-3-5-12(19)13(20)10-11-14(19)15(21)16(22)18-17(11)23-18/h2,4,6,12-13,21-22H,1,3,5,7-10H2/t12-,13+,19+/m0/s1. The Morgan fingerprint density at radius 1 is 1.35 bits per heavy atom. The second-order valence-corrected chi connectivity index (χ2v) is 7.24. The van der Waals surface area contributed by atoms with Gasteiger partial charge in [0.15, 0.2) is 11.5 Å². The number of phenols is 2. The molecule has 2 heterocycles. The largest absolute Gasteiger partial charge is 0.504 e. The number of hydrogen-bond donors (Lipinski definition) is 2. The maximum absolute atomic E-state index is 10.7. The van der Waals surface area contributed by atoms with Crippen LogP contribution in [0.5, 0.6) is 23.0 Å². The summed E-state index contributed by atoms with van der Waals surface area (Å²) in [6, 6.07) is 0.455. The van der Waals surface area contributed by atoms with Gasteiger partial charge in [0.25, 0.3) is 0 Å². The van der Waals surface area contributed by atoms with Crippen molar-refractivity contribution in [1.82, 2.24) is 4.90 Å². The summed E-state index contributed by atoms with van der Waals surface area (Å²) in [7, 11) is 0. The topological polar surface area (TPSA) is 56.2 Å². The molecule has 0 radical (unpaired) electrons. The lowest BCUT2D eigenvalue weighted by Crippen LogP contribution is -2.59. The quantitative estimate of drug-likeness (QED) is 0.508. The van der Waals surface area contributed by atoms with Crippen LogP contribution in [0.4, 0.5) is 0 Å². The van der Waals surface area contributed by atoms with E-state index in [2.05, 4.69) is 23.6 Å². The smallest absolute Gasteiger partial charge is 0.215 e. The third-order valence-corrected chi connectivity index (χ3v) is 6.33. The van der Waals surface area contributed by atoms with Gasteiger partial charge in [-0.15, -0.1) is 6.58 Å². The van der Waals surface area contributed by atoms with Gasteiger partial charge in [0.2, 0.25) is 11.5 Å². The van der Waals surface area contributed by atoms with E-state index in [0.29, 0.717) is 17.7 Å². The van der Waals surface area contributed by atoms with E-state index in [4.69, 9.17) is 4.74 Å². The molecule has 2 N–H and O–H groups in total. The number of aromatic hydroxyl groups is 2. The fourth-order valence-electron chi connectivity index (χ4n) is 5.38. The van der Waals surface area contributed by atoms with Gasteiger partial charge >= 0.3 is 0 Å². The van der Waals surface area contributed by atoms with Crippen molar-refractivity contribution in [1.29, 1.82) is 0 Å². The van der Waals surface area contributed by atoms with Gasteiger partial charge in [0.05, 0.1) is 0 Å². The number of rotatable bonds is 2. The lowest BCUT2D eigenvalue weighted by Gasteiger charge is -2.56. The van der Waals surface area contributed by atoms with E-state index in [-0.39, 0.29) is 16.9 Å². The average Bonchev–Trinajstić information content (AvgIpc) is 3.35. The minimum Gasteiger partial charge on any atom is -0.504 e. The zero-order valence-corrected chi connectivity index (χ0v) is 13.1. The summed E-state index contributed by atoms with van der Waals surface area (Å²) in [6.07, 6.45) is 10.6. The van der Waals surface area contributed by atoms with Crippen molar-refractivity contribution in [3.05, 3.63) is 35.9 Å². The van der Waals surface area contributed by atoms with Crippen LogP contribution in [0.1, 0.15) is 30.4 Å². The number of nitrogens with zero attached hydrogens (tertiary/aromatic N) is 1. The van der Waals surface area contributed by atoms with Crippen LogP contribution in [-0.2, 0) is 11.8 Å². The molecule has 2 aliphatic heterocycles. The third kappa shape index (κ3) is 1.55. The molecular weight excluding hydrogens is 290 g/mol. The van der Waals surface area contributed by atoms with E-state index >= 15 is 0 Å². The SMILES string of the molecule is C=CCN1CC[C@]23C=CCC[C@H]2[C@H]1Cc1c2c(c(O)c(O)c13)O2. The van der Waals surface area contributed by atoms with Crippen molar-refractivity contribution < 1.29 is 14.9 Å². The van der Waals surface area contributed by atoms with Gasteiger partial charge in [-0.1, -0.05) is 18.2 Å². The Bertz CT molecular complexity index is 754. The summed E-state index contributed by atoms with van der Waals surface area (Å²) >= 11 is 0. The highest BCUT2D eigenvalue weighted by Gasteiger charge is 2.56. The molecule has 3 atom stereocenters. The predicted octanol–water partition coefficient (Wildman–Crippen LogP) is 3.22. The molecule has 5 rings (SSSR count). The number of benzene rings is 1. The van der Waals surface area contributed by atoms with E-state index in [1.807, 2.05) is 6.08 Å². The van der Waals surface area contributed by atoms with E-state index in [0.717, 1.165) is 55.6 Å². The van der Waals surface area contributed by atoms with Crippen molar-refractivity contribution in [2.24, 2.45) is 5.92 Å². The summed E-state index contributed by atoms with van der Waals surface area (Å²) in [5.41, 5.74) is 1.88. The first-order chi connectivity index (χ1) is 11.2. The zero-order valence-electron chi connectivity index (χ0n) is 13.1. The van der Waals surface area contributed by atoms with Gasteiger partial charge in [-0.3, -0.25) is 4.90 Å². The predicted molar refractivity (Wildman–Crippen MR) is 87.3 cm³/mol. The maximum atomic E-state index is 10.7. The lowest BCUT2D eigenvalue weighted by molar-refractivity contribution is 0.0336. The van der Waals surface area contributed by atoms with Gasteiger partial charge < -0.3 is 14.9 Å². The summed E-state index contributed by atoms with van der Waals surface area (Å²) in [5.74, 6) is 1.74. The van der Waals surface area contributed by atoms with Crippen LogP contribution in [-0.4, -0.2) is 34.2 Å². The fraction of sp³-hybridized carbons (Fsp3) is 0.474. The Balaban J connectivity index is 1.75. The molecule has 1 aromatic rings. The number of allylic oxidation sites excluding steroid dienone is 2. The number of ether oxygens (including phenoxy) is 1. The third-order valence-electron chi connectivity index (χ3n) is 6.33. The Labute approximate surface area is 135 Å². The van der Waals surface area contributed by atoms with Crippen LogP contribution in [0.25, 0.3) is 0 Å². The van der Waals surface area contributed by atoms with Crippen LogP contribution in [0, 0.1) is 5.92 Å². The Kier molecular flexibility index (Phi) is 2.54. The summed E-state index contributed by atoms with van der Waals surface area (Å²) in [4.78, 5) is 2.52. The van der Waals surface area contributed by atoms with Crippen molar-refractivity contribution in [2.45, 2.75) is 37.1 Å². The number of piperidine rings is 1. The first kappa shape index (κ1) is 13.5. The summed E-state index contributed by atoms with van der Waals surface area (Å²) in [5, 5.41) is 20.9. The second kappa shape index (κ2) is 4.32. The molecule has 4 nitrogen and oxygen atoms in total. The van der Waals surface area contributed by atoms with Gasteiger partial charge in [-0.25, -0.2) is 0 Å². The molecule has 0 aromatic heterocycles. The maximum Gasteiger partial charge on any atom is 0.215 e. The number of likely N-dealkylation sites (tertiary alicyclic amines) is 1. The fourth-order valence-corrected chi connectivity index (χ4v) is 5.38. The average molecular weight is 311 g/mol. The van der Waals surface area contributed by atoms with Crippen LogP contribution in [0.3, 0.4) is 0 Å². The molecule has 23 heavy (non-hydrogen) atoms. The van der Waals surface area contributed by atoms with E-state index in [1.54, 1.807) is 0 Å². The molecule has 120 valence electrons. The first-order valence-electron chi connectivity index (χ1n) is 8.49. The molecule has 1 aromatic carbocycles. The lowest BCUT2D eigenvalue weighted by atomic mass is 9.54. The van der Waals surface area contributed by atoms with E-state index in [1.165, 1.54) is 0 Å². The highest BCUT2D eigenvalue weighted by Crippen LogP contribution is 2.67.